The highest BCUT2D eigenvalue weighted by atomic mass is 35.5. The summed E-state index contributed by atoms with van der Waals surface area (Å²) < 4.78 is 1.78. The van der Waals surface area contributed by atoms with E-state index in [1.807, 2.05) is 61.5 Å². The van der Waals surface area contributed by atoms with Crippen LogP contribution in [-0.4, -0.2) is 16.4 Å². The first-order valence-electron chi connectivity index (χ1n) is 10.7. The molecule has 1 heterocycles. The topological polar surface area (TPSA) is 86.9 Å². The minimum Gasteiger partial charge on any atom is -0.337 e. The Kier molecular flexibility index (Phi) is 7.21. The van der Waals surface area contributed by atoms with E-state index in [9.17, 15) is 14.9 Å². The van der Waals surface area contributed by atoms with Gasteiger partial charge >= 0.3 is 0 Å². The molecule has 0 fully saturated rings. The van der Waals surface area contributed by atoms with Crippen LogP contribution < -0.4 is 10.6 Å². The lowest BCUT2D eigenvalue weighted by Gasteiger charge is -2.07. The summed E-state index contributed by atoms with van der Waals surface area (Å²) >= 11 is 12.2. The van der Waals surface area contributed by atoms with Gasteiger partial charge in [-0.15, -0.1) is 0 Å². The van der Waals surface area contributed by atoms with Gasteiger partial charge in [-0.05, 0) is 43.3 Å². The van der Waals surface area contributed by atoms with E-state index in [1.54, 1.807) is 29.0 Å². The van der Waals surface area contributed by atoms with Crippen molar-refractivity contribution >= 4 is 63.4 Å². The number of fused-ring (bicyclic) bond motifs is 1. The summed E-state index contributed by atoms with van der Waals surface area (Å²) in [5.41, 5.74) is 3.43. The first kappa shape index (κ1) is 24.1. The second kappa shape index (κ2) is 10.5. The number of para-hydroxylation sites is 1. The third-order valence-corrected chi connectivity index (χ3v) is 6.15. The molecule has 2 amide bonds. The van der Waals surface area contributed by atoms with Gasteiger partial charge in [0.25, 0.3) is 5.91 Å². The number of carbonyl (C=O) groups is 2. The van der Waals surface area contributed by atoms with E-state index in [0.717, 1.165) is 16.5 Å². The highest BCUT2D eigenvalue weighted by Gasteiger charge is 2.15. The lowest BCUT2D eigenvalue weighted by atomic mass is 10.1. The fraction of sp³-hybridized carbons (Fsp3) is 0.0741. The van der Waals surface area contributed by atoms with Gasteiger partial charge < -0.3 is 15.2 Å². The minimum atomic E-state index is -0.620. The fourth-order valence-electron chi connectivity index (χ4n) is 3.61. The Morgan fingerprint density at radius 1 is 1.00 bits per heavy atom. The average Bonchev–Trinajstić information content (AvgIpc) is 3.18. The van der Waals surface area contributed by atoms with Crippen LogP contribution in [0.15, 0.2) is 78.5 Å². The number of aryl methyl sites for hydroxylation is 1. The number of carbonyl (C=O) groups excluding carboxylic acids is 2. The molecule has 0 saturated heterocycles. The zero-order valence-electron chi connectivity index (χ0n) is 18.7. The van der Waals surface area contributed by atoms with E-state index >= 15 is 0 Å². The standard InChI is InChI=1S/C27H20Cl2N4O2/c1-17-9-11-20(12-10-17)31-25(34)16-33-15-19(21-5-2-3-8-24(21)33)13-18(14-30)27(35)32-23-7-4-6-22(28)26(23)29/h2-13,15H,16H2,1H3,(H,31,34)(H,32,35)/b18-13-. The molecule has 0 unspecified atom stereocenters. The Morgan fingerprint density at radius 2 is 1.74 bits per heavy atom. The molecule has 4 rings (SSSR count). The van der Waals surface area contributed by atoms with Crippen molar-refractivity contribution < 1.29 is 9.59 Å². The summed E-state index contributed by atoms with van der Waals surface area (Å²) in [6.45, 7) is 2.04. The number of aromatic nitrogens is 1. The number of nitrogens with zero attached hydrogens (tertiary/aromatic N) is 2. The van der Waals surface area contributed by atoms with Crippen LogP contribution in [0.2, 0.25) is 10.0 Å². The minimum absolute atomic E-state index is 0.0639. The quantitative estimate of drug-likeness (QED) is 0.235. The summed E-state index contributed by atoms with van der Waals surface area (Å²) in [7, 11) is 0. The van der Waals surface area contributed by atoms with Crippen LogP contribution in [0.25, 0.3) is 17.0 Å². The van der Waals surface area contributed by atoms with Gasteiger partial charge in [-0.2, -0.15) is 5.26 Å². The second-order valence-corrected chi connectivity index (χ2v) is 8.65. The number of amides is 2. The molecule has 174 valence electrons. The van der Waals surface area contributed by atoms with Crippen LogP contribution in [0, 0.1) is 18.3 Å². The number of rotatable bonds is 6. The van der Waals surface area contributed by atoms with Gasteiger partial charge in [-0.3, -0.25) is 9.59 Å². The molecule has 4 aromatic rings. The summed E-state index contributed by atoms with van der Waals surface area (Å²) in [6.07, 6.45) is 3.24. The molecule has 0 bridgehead atoms. The smallest absolute Gasteiger partial charge is 0.266 e. The summed E-state index contributed by atoms with van der Waals surface area (Å²) in [6, 6.07) is 21.8. The third kappa shape index (κ3) is 5.55. The summed E-state index contributed by atoms with van der Waals surface area (Å²) in [5.74, 6) is -0.815. The van der Waals surface area contributed by atoms with Crippen molar-refractivity contribution in [2.75, 3.05) is 10.6 Å². The SMILES string of the molecule is Cc1ccc(NC(=O)Cn2cc(/C=C(/C#N)C(=O)Nc3cccc(Cl)c3Cl)c3ccccc32)cc1. The molecular formula is C27H20Cl2N4O2. The number of hydrogen-bond donors (Lipinski definition) is 2. The Balaban J connectivity index is 1.60. The Labute approximate surface area is 212 Å². The first-order chi connectivity index (χ1) is 16.9. The zero-order chi connectivity index (χ0) is 24.9. The maximum Gasteiger partial charge on any atom is 0.266 e. The van der Waals surface area contributed by atoms with Crippen molar-refractivity contribution in [3.63, 3.8) is 0 Å². The van der Waals surface area contributed by atoms with E-state index in [2.05, 4.69) is 10.6 Å². The van der Waals surface area contributed by atoms with Gasteiger partial charge in [0.05, 0.1) is 15.7 Å². The first-order valence-corrected chi connectivity index (χ1v) is 11.4. The number of hydrogen-bond acceptors (Lipinski definition) is 3. The van der Waals surface area contributed by atoms with Gasteiger partial charge in [-0.1, -0.05) is 65.2 Å². The molecule has 0 aliphatic rings. The van der Waals surface area contributed by atoms with Crippen LogP contribution in [0.5, 0.6) is 0 Å². The van der Waals surface area contributed by atoms with Crippen LogP contribution in [0.3, 0.4) is 0 Å². The fourth-order valence-corrected chi connectivity index (χ4v) is 3.95. The van der Waals surface area contributed by atoms with Crippen LogP contribution in [0.4, 0.5) is 11.4 Å². The molecular weight excluding hydrogens is 483 g/mol. The van der Waals surface area contributed by atoms with Gasteiger partial charge in [-0.25, -0.2) is 0 Å². The van der Waals surface area contributed by atoms with Crippen LogP contribution >= 0.6 is 23.2 Å². The molecule has 2 N–H and O–H groups in total. The normalized spacial score (nSPS) is 11.2. The molecule has 3 aromatic carbocycles. The van der Waals surface area contributed by atoms with E-state index in [4.69, 9.17) is 23.2 Å². The molecule has 0 aliphatic carbocycles. The van der Waals surface area contributed by atoms with E-state index < -0.39 is 5.91 Å². The number of halogens is 2. The molecule has 6 nitrogen and oxygen atoms in total. The molecule has 0 radical (unpaired) electrons. The lowest BCUT2D eigenvalue weighted by Crippen LogP contribution is -2.18. The molecule has 0 saturated carbocycles. The van der Waals surface area contributed by atoms with Crippen LogP contribution in [-0.2, 0) is 16.1 Å². The number of anilines is 2. The molecule has 0 aliphatic heterocycles. The van der Waals surface area contributed by atoms with Crippen molar-refractivity contribution in [1.29, 1.82) is 5.26 Å². The highest BCUT2D eigenvalue weighted by Crippen LogP contribution is 2.30. The van der Waals surface area contributed by atoms with Crippen molar-refractivity contribution in [2.45, 2.75) is 13.5 Å². The Morgan fingerprint density at radius 3 is 2.49 bits per heavy atom. The van der Waals surface area contributed by atoms with Gasteiger partial charge in [0.15, 0.2) is 0 Å². The molecule has 8 heteroatoms. The number of benzene rings is 3. The van der Waals surface area contributed by atoms with Crippen molar-refractivity contribution in [3.8, 4) is 6.07 Å². The van der Waals surface area contributed by atoms with Gasteiger partial charge in [0.1, 0.15) is 18.2 Å². The largest absolute Gasteiger partial charge is 0.337 e. The van der Waals surface area contributed by atoms with Gasteiger partial charge in [0, 0.05) is 28.4 Å². The predicted molar refractivity (Wildman–Crippen MR) is 140 cm³/mol. The Bertz CT molecular complexity index is 1500. The van der Waals surface area contributed by atoms with E-state index in [-0.39, 0.29) is 23.0 Å². The predicted octanol–water partition coefficient (Wildman–Crippen LogP) is 6.44. The number of nitriles is 1. The van der Waals surface area contributed by atoms with Crippen LogP contribution in [0.1, 0.15) is 11.1 Å². The second-order valence-electron chi connectivity index (χ2n) is 7.87. The molecule has 0 atom stereocenters. The highest BCUT2D eigenvalue weighted by molar-refractivity contribution is 6.44. The maximum atomic E-state index is 12.8. The maximum absolute atomic E-state index is 12.8. The van der Waals surface area contributed by atoms with E-state index in [0.29, 0.717) is 22.0 Å². The summed E-state index contributed by atoms with van der Waals surface area (Å²) in [5, 5.41) is 16.5. The Hall–Kier alpha value is -4.05. The monoisotopic (exact) mass is 502 g/mol. The van der Waals surface area contributed by atoms with Crippen molar-refractivity contribution in [2.24, 2.45) is 0 Å². The van der Waals surface area contributed by atoms with E-state index in [1.165, 1.54) is 6.08 Å². The zero-order valence-corrected chi connectivity index (χ0v) is 20.2. The van der Waals surface area contributed by atoms with Crippen molar-refractivity contribution in [3.05, 3.63) is 99.7 Å². The molecule has 1 aromatic heterocycles. The number of nitrogens with one attached hydrogen (secondary N) is 2. The molecule has 0 spiro atoms. The van der Waals surface area contributed by atoms with Gasteiger partial charge in [0.2, 0.25) is 5.91 Å². The lowest BCUT2D eigenvalue weighted by molar-refractivity contribution is -0.116. The van der Waals surface area contributed by atoms with Crippen molar-refractivity contribution in [1.82, 2.24) is 4.57 Å². The molecule has 35 heavy (non-hydrogen) atoms. The summed E-state index contributed by atoms with van der Waals surface area (Å²) in [4.78, 5) is 25.5. The average molecular weight is 503 g/mol. The third-order valence-electron chi connectivity index (χ3n) is 5.33.